The van der Waals surface area contributed by atoms with E-state index in [9.17, 15) is 4.79 Å². The molecule has 0 saturated carbocycles. The van der Waals surface area contributed by atoms with Crippen molar-refractivity contribution in [3.63, 3.8) is 0 Å². The smallest absolute Gasteiger partial charge is 0.295 e. The van der Waals surface area contributed by atoms with Crippen molar-refractivity contribution in [3.05, 3.63) is 63.8 Å². The summed E-state index contributed by atoms with van der Waals surface area (Å²) in [5.41, 5.74) is 3.35. The van der Waals surface area contributed by atoms with Crippen molar-refractivity contribution < 1.29 is 0 Å². The Morgan fingerprint density at radius 1 is 1.19 bits per heavy atom. The second kappa shape index (κ2) is 4.31. The molecule has 1 aromatic heterocycles. The molecule has 2 rings (SSSR count). The van der Waals surface area contributed by atoms with E-state index in [1.807, 2.05) is 0 Å². The van der Waals surface area contributed by atoms with Crippen LogP contribution in [0.4, 0.5) is 0 Å². The minimum absolute atomic E-state index is 0.207. The lowest BCUT2D eigenvalue weighted by Crippen LogP contribution is -2.21. The van der Waals surface area contributed by atoms with Gasteiger partial charge in [-0.2, -0.15) is 0 Å². The van der Waals surface area contributed by atoms with Crippen molar-refractivity contribution in [2.45, 2.75) is 20.4 Å². The quantitative estimate of drug-likeness (QED) is 0.765. The molecule has 1 heterocycles. The number of hydrogen-bond donors (Lipinski definition) is 0. The van der Waals surface area contributed by atoms with Crippen LogP contribution < -0.4 is 5.69 Å². The molecule has 0 aliphatic heterocycles. The summed E-state index contributed by atoms with van der Waals surface area (Å²) in [5.74, 6) is 0. The van der Waals surface area contributed by atoms with Gasteiger partial charge in [-0.1, -0.05) is 29.3 Å². The van der Waals surface area contributed by atoms with Crippen molar-refractivity contribution in [2.24, 2.45) is 0 Å². The molecule has 0 N–H and O–H groups in total. The van der Waals surface area contributed by atoms with Gasteiger partial charge in [-0.3, -0.25) is 4.57 Å². The second-order valence-electron chi connectivity index (χ2n) is 4.03. The van der Waals surface area contributed by atoms with Crippen LogP contribution in [0.15, 0.2) is 41.5 Å². The van der Waals surface area contributed by atoms with Crippen molar-refractivity contribution >= 4 is 0 Å². The molecule has 0 aliphatic carbocycles. The topological polar surface area (TPSA) is 34.9 Å². The number of rotatable bonds is 2. The summed E-state index contributed by atoms with van der Waals surface area (Å²) in [7, 11) is 0. The summed E-state index contributed by atoms with van der Waals surface area (Å²) >= 11 is 0. The highest BCUT2D eigenvalue weighted by molar-refractivity contribution is 5.28. The van der Waals surface area contributed by atoms with E-state index in [0.29, 0.717) is 6.54 Å². The Morgan fingerprint density at radius 2 is 1.88 bits per heavy atom. The van der Waals surface area contributed by atoms with Crippen LogP contribution in [0.1, 0.15) is 16.7 Å². The Hall–Kier alpha value is -1.90. The molecule has 16 heavy (non-hydrogen) atoms. The van der Waals surface area contributed by atoms with Crippen LogP contribution in [0.25, 0.3) is 0 Å². The first-order valence-corrected chi connectivity index (χ1v) is 5.24. The van der Waals surface area contributed by atoms with Gasteiger partial charge in [0, 0.05) is 12.4 Å². The summed E-state index contributed by atoms with van der Waals surface area (Å²) in [6, 6.07) is 8.07. The maximum Gasteiger partial charge on any atom is 0.347 e. The Bertz CT molecular complexity index is 538. The van der Waals surface area contributed by atoms with E-state index < -0.39 is 0 Å². The van der Waals surface area contributed by atoms with Gasteiger partial charge in [-0.05, 0) is 25.5 Å². The third-order valence-corrected chi connectivity index (χ3v) is 2.42. The number of nitrogens with zero attached hydrogens (tertiary/aromatic N) is 2. The first-order chi connectivity index (χ1) is 7.65. The zero-order valence-corrected chi connectivity index (χ0v) is 9.47. The monoisotopic (exact) mass is 214 g/mol. The zero-order valence-electron chi connectivity index (χ0n) is 9.47. The van der Waals surface area contributed by atoms with Gasteiger partial charge < -0.3 is 0 Å². The molecule has 0 atom stereocenters. The number of benzene rings is 1. The maximum absolute atomic E-state index is 11.4. The van der Waals surface area contributed by atoms with Crippen LogP contribution in [-0.2, 0) is 6.54 Å². The van der Waals surface area contributed by atoms with Gasteiger partial charge in [0.25, 0.3) is 0 Å². The van der Waals surface area contributed by atoms with Gasteiger partial charge in [0.15, 0.2) is 0 Å². The number of hydrogen-bond acceptors (Lipinski definition) is 2. The molecule has 0 amide bonds. The van der Waals surface area contributed by atoms with Gasteiger partial charge in [0.2, 0.25) is 0 Å². The highest BCUT2D eigenvalue weighted by Crippen LogP contribution is 2.09. The van der Waals surface area contributed by atoms with Crippen LogP contribution >= 0.6 is 0 Å². The highest BCUT2D eigenvalue weighted by atomic mass is 16.1. The number of aromatic nitrogens is 2. The molecule has 0 bridgehead atoms. The molecule has 0 saturated heterocycles. The first-order valence-electron chi connectivity index (χ1n) is 5.24. The van der Waals surface area contributed by atoms with Crippen LogP contribution in [0.5, 0.6) is 0 Å². The summed E-state index contributed by atoms with van der Waals surface area (Å²) < 4.78 is 1.61. The van der Waals surface area contributed by atoms with Crippen LogP contribution in [0.3, 0.4) is 0 Å². The normalized spacial score (nSPS) is 10.4. The van der Waals surface area contributed by atoms with Gasteiger partial charge in [-0.15, -0.1) is 0 Å². The molecule has 0 unspecified atom stereocenters. The maximum atomic E-state index is 11.4. The van der Waals surface area contributed by atoms with E-state index >= 15 is 0 Å². The largest absolute Gasteiger partial charge is 0.347 e. The fraction of sp³-hybridized carbons (Fsp3) is 0.231. The second-order valence-corrected chi connectivity index (χ2v) is 4.03. The van der Waals surface area contributed by atoms with E-state index in [1.165, 1.54) is 17.3 Å². The zero-order chi connectivity index (χ0) is 11.5. The minimum atomic E-state index is -0.207. The standard InChI is InChI=1S/C13H14N2O/c1-10-6-11(2)8-12(7-10)9-15-5-3-4-14-13(15)16/h3-8H,9H2,1-2H3. The van der Waals surface area contributed by atoms with E-state index in [0.717, 1.165) is 5.56 Å². The predicted molar refractivity (Wildman–Crippen MR) is 63.5 cm³/mol. The van der Waals surface area contributed by atoms with E-state index in [1.54, 1.807) is 16.8 Å². The summed E-state index contributed by atoms with van der Waals surface area (Å²) in [4.78, 5) is 15.2. The first kappa shape index (κ1) is 10.6. The van der Waals surface area contributed by atoms with Crippen LogP contribution in [0, 0.1) is 13.8 Å². The molecule has 0 aliphatic rings. The minimum Gasteiger partial charge on any atom is -0.295 e. The average Bonchev–Trinajstić information content (AvgIpc) is 2.20. The average molecular weight is 214 g/mol. The lowest BCUT2D eigenvalue weighted by molar-refractivity contribution is 0.726. The van der Waals surface area contributed by atoms with Gasteiger partial charge >= 0.3 is 5.69 Å². The van der Waals surface area contributed by atoms with Crippen molar-refractivity contribution in [2.75, 3.05) is 0 Å². The molecule has 3 heteroatoms. The number of aryl methyl sites for hydroxylation is 2. The van der Waals surface area contributed by atoms with Crippen LogP contribution in [-0.4, -0.2) is 9.55 Å². The van der Waals surface area contributed by atoms with Gasteiger partial charge in [0.1, 0.15) is 0 Å². The van der Waals surface area contributed by atoms with E-state index in [4.69, 9.17) is 0 Å². The molecule has 2 aromatic rings. The fourth-order valence-corrected chi connectivity index (χ4v) is 1.86. The predicted octanol–water partition coefficient (Wildman–Crippen LogP) is 1.91. The third-order valence-electron chi connectivity index (χ3n) is 2.42. The lowest BCUT2D eigenvalue weighted by Gasteiger charge is -2.06. The molecular weight excluding hydrogens is 200 g/mol. The van der Waals surface area contributed by atoms with E-state index in [-0.39, 0.29) is 5.69 Å². The summed E-state index contributed by atoms with van der Waals surface area (Å²) in [6.45, 7) is 4.69. The summed E-state index contributed by atoms with van der Waals surface area (Å²) in [6.07, 6.45) is 3.27. The Morgan fingerprint density at radius 3 is 2.50 bits per heavy atom. The molecule has 0 spiro atoms. The molecule has 0 fully saturated rings. The Labute approximate surface area is 94.4 Å². The molecule has 82 valence electrons. The SMILES string of the molecule is Cc1cc(C)cc(Cn2cccnc2=O)c1. The van der Waals surface area contributed by atoms with Crippen molar-refractivity contribution in [1.82, 2.24) is 9.55 Å². The van der Waals surface area contributed by atoms with Crippen LogP contribution in [0.2, 0.25) is 0 Å². The molecule has 3 nitrogen and oxygen atoms in total. The summed E-state index contributed by atoms with van der Waals surface area (Å²) in [5, 5.41) is 0. The Balaban J connectivity index is 2.34. The van der Waals surface area contributed by atoms with Gasteiger partial charge in [-0.25, -0.2) is 9.78 Å². The highest BCUT2D eigenvalue weighted by Gasteiger charge is 1.99. The Kier molecular flexibility index (Phi) is 2.86. The molecule has 1 aromatic carbocycles. The van der Waals surface area contributed by atoms with Crippen molar-refractivity contribution in [3.8, 4) is 0 Å². The van der Waals surface area contributed by atoms with E-state index in [2.05, 4.69) is 37.0 Å². The van der Waals surface area contributed by atoms with Crippen molar-refractivity contribution in [1.29, 1.82) is 0 Å². The fourth-order valence-electron chi connectivity index (χ4n) is 1.86. The third kappa shape index (κ3) is 2.37. The van der Waals surface area contributed by atoms with Gasteiger partial charge in [0.05, 0.1) is 6.54 Å². The lowest BCUT2D eigenvalue weighted by atomic mass is 10.1. The molecular formula is C13H14N2O. The molecule has 0 radical (unpaired) electrons.